The van der Waals surface area contributed by atoms with Gasteiger partial charge in [-0.2, -0.15) is 0 Å². The number of anilines is 2. The molecule has 0 spiro atoms. The highest BCUT2D eigenvalue weighted by molar-refractivity contribution is 5.64. The van der Waals surface area contributed by atoms with Gasteiger partial charge in [-0.3, -0.25) is 0 Å². The van der Waals surface area contributed by atoms with Crippen molar-refractivity contribution in [1.29, 1.82) is 0 Å². The van der Waals surface area contributed by atoms with Gasteiger partial charge >= 0.3 is 0 Å². The maximum atomic E-state index is 6.28. The standard InChI is InChI=1S/C21H24N4O2/c1-15-20(22)21(24-14-23-15)25(12-16-4-8-18(26-2)9-5-16)13-17-6-10-19(27-3)11-7-17/h4-11,14H,12-13,22H2,1-3H3. The van der Waals surface area contributed by atoms with Gasteiger partial charge in [0.25, 0.3) is 0 Å². The second-order valence-corrected chi connectivity index (χ2v) is 6.25. The van der Waals surface area contributed by atoms with Crippen LogP contribution in [0, 0.1) is 6.92 Å². The fourth-order valence-corrected chi connectivity index (χ4v) is 2.83. The van der Waals surface area contributed by atoms with Gasteiger partial charge in [0.2, 0.25) is 0 Å². The highest BCUT2D eigenvalue weighted by atomic mass is 16.5. The number of hydrogen-bond donors (Lipinski definition) is 1. The lowest BCUT2D eigenvalue weighted by molar-refractivity contribution is 0.414. The van der Waals surface area contributed by atoms with E-state index < -0.39 is 0 Å². The van der Waals surface area contributed by atoms with E-state index in [1.165, 1.54) is 0 Å². The fraction of sp³-hybridized carbons (Fsp3) is 0.238. The molecule has 0 aliphatic heterocycles. The third kappa shape index (κ3) is 4.47. The van der Waals surface area contributed by atoms with Crippen LogP contribution >= 0.6 is 0 Å². The topological polar surface area (TPSA) is 73.5 Å². The summed E-state index contributed by atoms with van der Waals surface area (Å²) in [7, 11) is 3.32. The Kier molecular flexibility index (Phi) is 5.76. The van der Waals surface area contributed by atoms with Gasteiger partial charge in [0.05, 0.1) is 25.6 Å². The van der Waals surface area contributed by atoms with Crippen LogP contribution in [0.25, 0.3) is 0 Å². The van der Waals surface area contributed by atoms with Gasteiger partial charge in [-0.25, -0.2) is 9.97 Å². The first-order valence-electron chi connectivity index (χ1n) is 8.68. The van der Waals surface area contributed by atoms with E-state index in [2.05, 4.69) is 14.9 Å². The van der Waals surface area contributed by atoms with Gasteiger partial charge in [0, 0.05) is 13.1 Å². The molecule has 0 atom stereocenters. The molecule has 0 unspecified atom stereocenters. The van der Waals surface area contributed by atoms with Crippen molar-refractivity contribution in [2.75, 3.05) is 24.9 Å². The molecule has 0 saturated carbocycles. The van der Waals surface area contributed by atoms with Gasteiger partial charge in [-0.05, 0) is 42.3 Å². The van der Waals surface area contributed by atoms with Crippen molar-refractivity contribution in [2.45, 2.75) is 20.0 Å². The van der Waals surface area contributed by atoms with Gasteiger partial charge < -0.3 is 20.1 Å². The number of nitrogen functional groups attached to an aromatic ring is 1. The van der Waals surface area contributed by atoms with Crippen molar-refractivity contribution in [2.24, 2.45) is 0 Å². The number of nitrogens with two attached hydrogens (primary N) is 1. The predicted octanol–water partition coefficient (Wildman–Crippen LogP) is 3.59. The molecule has 0 radical (unpaired) electrons. The summed E-state index contributed by atoms with van der Waals surface area (Å²) in [6.07, 6.45) is 1.55. The minimum atomic E-state index is 0.597. The summed E-state index contributed by atoms with van der Waals surface area (Å²) in [6, 6.07) is 16.0. The highest BCUT2D eigenvalue weighted by Crippen LogP contribution is 2.26. The average Bonchev–Trinajstić information content (AvgIpc) is 2.71. The van der Waals surface area contributed by atoms with E-state index in [1.807, 2.05) is 55.5 Å². The molecule has 0 saturated heterocycles. The van der Waals surface area contributed by atoms with E-state index in [0.717, 1.165) is 34.1 Å². The summed E-state index contributed by atoms with van der Waals surface area (Å²) in [5.41, 5.74) is 9.92. The molecule has 3 rings (SSSR count). The van der Waals surface area contributed by atoms with Crippen LogP contribution in [-0.2, 0) is 13.1 Å². The summed E-state index contributed by atoms with van der Waals surface area (Å²) in [5.74, 6) is 2.39. The van der Waals surface area contributed by atoms with Crippen molar-refractivity contribution in [3.8, 4) is 11.5 Å². The lowest BCUT2D eigenvalue weighted by Gasteiger charge is -2.25. The Labute approximate surface area is 159 Å². The number of aryl methyl sites for hydroxylation is 1. The number of benzene rings is 2. The Hall–Kier alpha value is -3.28. The lowest BCUT2D eigenvalue weighted by Crippen LogP contribution is -2.24. The van der Waals surface area contributed by atoms with Crippen LogP contribution in [-0.4, -0.2) is 24.2 Å². The Morgan fingerprint density at radius 1 is 0.815 bits per heavy atom. The number of rotatable bonds is 7. The van der Waals surface area contributed by atoms with Crippen LogP contribution in [0.3, 0.4) is 0 Å². The number of ether oxygens (including phenoxy) is 2. The molecule has 2 N–H and O–H groups in total. The SMILES string of the molecule is COc1ccc(CN(Cc2ccc(OC)cc2)c2ncnc(C)c2N)cc1. The molecule has 2 aromatic carbocycles. The number of aromatic nitrogens is 2. The second kappa shape index (κ2) is 8.40. The zero-order valence-electron chi connectivity index (χ0n) is 15.8. The Morgan fingerprint density at radius 3 is 1.74 bits per heavy atom. The molecule has 1 aromatic heterocycles. The fourth-order valence-electron chi connectivity index (χ4n) is 2.83. The molecule has 27 heavy (non-hydrogen) atoms. The van der Waals surface area contributed by atoms with Crippen LogP contribution in [0.15, 0.2) is 54.9 Å². The molecule has 0 fully saturated rings. The largest absolute Gasteiger partial charge is 0.497 e. The van der Waals surface area contributed by atoms with Crippen molar-refractivity contribution < 1.29 is 9.47 Å². The van der Waals surface area contributed by atoms with E-state index in [9.17, 15) is 0 Å². The van der Waals surface area contributed by atoms with E-state index in [-0.39, 0.29) is 0 Å². The molecule has 6 nitrogen and oxygen atoms in total. The molecular weight excluding hydrogens is 340 g/mol. The summed E-state index contributed by atoms with van der Waals surface area (Å²) in [6.45, 7) is 3.22. The second-order valence-electron chi connectivity index (χ2n) is 6.25. The van der Waals surface area contributed by atoms with E-state index in [4.69, 9.17) is 15.2 Å². The third-order valence-electron chi connectivity index (χ3n) is 4.43. The van der Waals surface area contributed by atoms with E-state index >= 15 is 0 Å². The maximum Gasteiger partial charge on any atom is 0.156 e. The van der Waals surface area contributed by atoms with E-state index in [0.29, 0.717) is 18.8 Å². The monoisotopic (exact) mass is 364 g/mol. The minimum Gasteiger partial charge on any atom is -0.497 e. The van der Waals surface area contributed by atoms with Crippen molar-refractivity contribution in [3.63, 3.8) is 0 Å². The number of hydrogen-bond acceptors (Lipinski definition) is 6. The summed E-state index contributed by atoms with van der Waals surface area (Å²) in [4.78, 5) is 10.8. The summed E-state index contributed by atoms with van der Waals surface area (Å²) < 4.78 is 10.5. The Balaban J connectivity index is 1.90. The zero-order valence-corrected chi connectivity index (χ0v) is 15.8. The number of nitrogens with zero attached hydrogens (tertiary/aromatic N) is 3. The highest BCUT2D eigenvalue weighted by Gasteiger charge is 2.15. The first-order chi connectivity index (χ1) is 13.1. The Bertz CT molecular complexity index is 830. The van der Waals surface area contributed by atoms with Crippen LogP contribution in [0.4, 0.5) is 11.5 Å². The third-order valence-corrected chi connectivity index (χ3v) is 4.43. The predicted molar refractivity (Wildman–Crippen MR) is 107 cm³/mol. The normalized spacial score (nSPS) is 10.5. The van der Waals surface area contributed by atoms with Gasteiger partial charge in [0.1, 0.15) is 17.8 Å². The molecule has 3 aromatic rings. The van der Waals surface area contributed by atoms with Gasteiger partial charge in [-0.1, -0.05) is 24.3 Å². The van der Waals surface area contributed by atoms with Crippen LogP contribution < -0.4 is 20.1 Å². The lowest BCUT2D eigenvalue weighted by atomic mass is 10.1. The molecule has 0 aliphatic rings. The van der Waals surface area contributed by atoms with Gasteiger partial charge in [0.15, 0.2) is 5.82 Å². The molecule has 0 bridgehead atoms. The molecule has 0 aliphatic carbocycles. The minimum absolute atomic E-state index is 0.597. The Morgan fingerprint density at radius 2 is 1.30 bits per heavy atom. The molecule has 0 amide bonds. The van der Waals surface area contributed by atoms with Crippen LogP contribution in [0.2, 0.25) is 0 Å². The maximum absolute atomic E-state index is 6.28. The van der Waals surface area contributed by atoms with Crippen molar-refractivity contribution in [1.82, 2.24) is 9.97 Å². The number of methoxy groups -OCH3 is 2. The van der Waals surface area contributed by atoms with Crippen molar-refractivity contribution >= 4 is 11.5 Å². The van der Waals surface area contributed by atoms with Crippen molar-refractivity contribution in [3.05, 3.63) is 71.7 Å². The first-order valence-corrected chi connectivity index (χ1v) is 8.68. The molecule has 6 heteroatoms. The van der Waals surface area contributed by atoms with Crippen LogP contribution in [0.1, 0.15) is 16.8 Å². The van der Waals surface area contributed by atoms with Gasteiger partial charge in [-0.15, -0.1) is 0 Å². The molecule has 140 valence electrons. The zero-order chi connectivity index (χ0) is 19.2. The van der Waals surface area contributed by atoms with E-state index in [1.54, 1.807) is 20.5 Å². The summed E-state index contributed by atoms with van der Waals surface area (Å²) >= 11 is 0. The van der Waals surface area contributed by atoms with Crippen LogP contribution in [0.5, 0.6) is 11.5 Å². The molecular formula is C21H24N4O2. The molecule has 1 heterocycles. The summed E-state index contributed by atoms with van der Waals surface area (Å²) in [5, 5.41) is 0. The smallest absolute Gasteiger partial charge is 0.156 e. The average molecular weight is 364 g/mol. The quantitative estimate of drug-likeness (QED) is 0.691. The first kappa shape index (κ1) is 18.5.